The Morgan fingerprint density at radius 2 is 1.87 bits per heavy atom. The van der Waals surface area contributed by atoms with E-state index in [1.165, 1.54) is 0 Å². The number of rotatable bonds is 9. The van der Waals surface area contributed by atoms with Crippen LogP contribution in [0.3, 0.4) is 0 Å². The van der Waals surface area contributed by atoms with Crippen molar-refractivity contribution in [3.63, 3.8) is 0 Å². The van der Waals surface area contributed by atoms with Crippen LogP contribution in [0.15, 0.2) is 40.2 Å². The van der Waals surface area contributed by atoms with Crippen LogP contribution in [0.2, 0.25) is 0 Å². The first-order valence-electron chi connectivity index (χ1n) is 8.28. The third kappa shape index (κ3) is 7.03. The van der Waals surface area contributed by atoms with Crippen LogP contribution in [0.25, 0.3) is 0 Å². The van der Waals surface area contributed by atoms with Crippen molar-refractivity contribution in [2.45, 2.75) is 38.0 Å². The third-order valence-corrected chi connectivity index (χ3v) is 5.30. The number of hydrogen-bond donors (Lipinski definition) is 1. The number of nitrogens with one attached hydrogen (secondary N) is 1. The average molecular weight is 340 g/mol. The molecule has 1 aromatic rings. The van der Waals surface area contributed by atoms with Crippen LogP contribution in [0.1, 0.15) is 33.1 Å². The quantitative estimate of drug-likeness (QED) is 0.427. The first-order valence-corrected chi connectivity index (χ1v) is 9.93. The number of aliphatic imine (C=N–C) groups is 1. The van der Waals surface area contributed by atoms with Crippen molar-refractivity contribution in [3.8, 4) is 0 Å². The number of sulfone groups is 1. The van der Waals surface area contributed by atoms with Gasteiger partial charge in [-0.25, -0.2) is 8.42 Å². The summed E-state index contributed by atoms with van der Waals surface area (Å²) in [5, 5.41) is 3.25. The molecule has 0 aromatic heterocycles. The molecule has 0 saturated carbocycles. The summed E-state index contributed by atoms with van der Waals surface area (Å²) >= 11 is 0. The Balaban J connectivity index is 2.54. The summed E-state index contributed by atoms with van der Waals surface area (Å²) in [5.41, 5.74) is 0. The highest BCUT2D eigenvalue weighted by atomic mass is 32.2. The smallest absolute Gasteiger partial charge is 0.193 e. The van der Waals surface area contributed by atoms with Crippen LogP contribution in [0.5, 0.6) is 0 Å². The molecule has 0 saturated heterocycles. The van der Waals surface area contributed by atoms with Gasteiger partial charge in [-0.15, -0.1) is 0 Å². The topological polar surface area (TPSA) is 61.8 Å². The molecule has 0 fully saturated rings. The van der Waals surface area contributed by atoms with Gasteiger partial charge in [0.25, 0.3) is 0 Å². The lowest BCUT2D eigenvalue weighted by atomic mass is 10.3. The maximum Gasteiger partial charge on any atom is 0.193 e. The minimum absolute atomic E-state index is 0.124. The van der Waals surface area contributed by atoms with Gasteiger partial charge in [0.2, 0.25) is 0 Å². The van der Waals surface area contributed by atoms with Crippen molar-refractivity contribution in [3.05, 3.63) is 30.3 Å². The largest absolute Gasteiger partial charge is 0.357 e. The van der Waals surface area contributed by atoms with Crippen molar-refractivity contribution in [1.29, 1.82) is 0 Å². The Bertz CT molecular complexity index is 571. The molecule has 0 radical (unpaired) electrons. The maximum absolute atomic E-state index is 12.2. The van der Waals surface area contributed by atoms with Crippen molar-refractivity contribution in [2.75, 3.05) is 32.4 Å². The van der Waals surface area contributed by atoms with E-state index in [1.54, 1.807) is 24.3 Å². The van der Waals surface area contributed by atoms with Crippen LogP contribution in [0, 0.1) is 0 Å². The predicted molar refractivity (Wildman–Crippen MR) is 96.6 cm³/mol. The van der Waals surface area contributed by atoms with Crippen molar-refractivity contribution in [1.82, 2.24) is 10.2 Å². The monoisotopic (exact) mass is 339 g/mol. The first kappa shape index (κ1) is 19.5. The Hall–Kier alpha value is -1.56. The first-order chi connectivity index (χ1) is 11.0. The van der Waals surface area contributed by atoms with Gasteiger partial charge < -0.3 is 10.2 Å². The molecule has 130 valence electrons. The molecule has 1 N–H and O–H groups in total. The second-order valence-electron chi connectivity index (χ2n) is 5.50. The van der Waals surface area contributed by atoms with Crippen molar-refractivity contribution in [2.24, 2.45) is 4.99 Å². The lowest BCUT2D eigenvalue weighted by molar-refractivity contribution is 0.465. The van der Waals surface area contributed by atoms with Crippen LogP contribution in [0.4, 0.5) is 0 Å². The van der Waals surface area contributed by atoms with Crippen molar-refractivity contribution >= 4 is 15.8 Å². The minimum Gasteiger partial charge on any atom is -0.357 e. The average Bonchev–Trinajstić information content (AvgIpc) is 2.56. The molecular weight excluding hydrogens is 310 g/mol. The summed E-state index contributed by atoms with van der Waals surface area (Å²) in [4.78, 5) is 7.01. The van der Waals surface area contributed by atoms with Gasteiger partial charge in [-0.2, -0.15) is 0 Å². The molecule has 0 aliphatic carbocycles. The van der Waals surface area contributed by atoms with Crippen LogP contribution >= 0.6 is 0 Å². The number of benzene rings is 1. The minimum atomic E-state index is -3.21. The van der Waals surface area contributed by atoms with Crippen LogP contribution in [-0.4, -0.2) is 51.7 Å². The predicted octanol–water partition coefficient (Wildman–Crippen LogP) is 2.55. The molecule has 1 aromatic carbocycles. The van der Waals surface area contributed by atoms with Gasteiger partial charge in [0, 0.05) is 26.7 Å². The summed E-state index contributed by atoms with van der Waals surface area (Å²) in [6.45, 7) is 6.45. The molecule has 0 amide bonds. The molecule has 0 atom stereocenters. The Kier molecular flexibility index (Phi) is 8.69. The molecular formula is C17H29N3O2S. The molecule has 5 nitrogen and oxygen atoms in total. The van der Waals surface area contributed by atoms with Gasteiger partial charge in [-0.1, -0.05) is 31.5 Å². The fourth-order valence-corrected chi connectivity index (χ4v) is 3.47. The highest BCUT2D eigenvalue weighted by Crippen LogP contribution is 2.11. The van der Waals surface area contributed by atoms with E-state index < -0.39 is 9.84 Å². The SMILES string of the molecule is CCCCN(C)C(=NCCCS(=O)(=O)c1ccccc1)NCC. The Morgan fingerprint density at radius 1 is 1.17 bits per heavy atom. The number of nitrogens with zero attached hydrogens (tertiary/aromatic N) is 2. The summed E-state index contributed by atoms with van der Waals surface area (Å²) in [6.07, 6.45) is 2.77. The highest BCUT2D eigenvalue weighted by Gasteiger charge is 2.13. The summed E-state index contributed by atoms with van der Waals surface area (Å²) < 4.78 is 24.4. The molecule has 6 heteroatoms. The van der Waals surface area contributed by atoms with E-state index in [2.05, 4.69) is 22.1 Å². The fraction of sp³-hybridized carbons (Fsp3) is 0.588. The standard InChI is InChI=1S/C17H29N3O2S/c1-4-6-14-20(3)17(18-5-2)19-13-10-15-23(21,22)16-11-8-7-9-12-16/h7-9,11-12H,4-6,10,13-15H2,1-3H3,(H,18,19). The van der Waals surface area contributed by atoms with Gasteiger partial charge in [-0.3, -0.25) is 4.99 Å². The highest BCUT2D eigenvalue weighted by molar-refractivity contribution is 7.91. The van der Waals surface area contributed by atoms with Crippen LogP contribution in [-0.2, 0) is 9.84 Å². The molecule has 0 bridgehead atoms. The van der Waals surface area contributed by atoms with E-state index in [4.69, 9.17) is 0 Å². The Morgan fingerprint density at radius 3 is 2.48 bits per heavy atom. The second-order valence-corrected chi connectivity index (χ2v) is 7.61. The van der Waals surface area contributed by atoms with Gasteiger partial charge in [0.15, 0.2) is 15.8 Å². The second kappa shape index (κ2) is 10.3. The zero-order valence-electron chi connectivity index (χ0n) is 14.5. The fourth-order valence-electron chi connectivity index (χ4n) is 2.16. The maximum atomic E-state index is 12.2. The summed E-state index contributed by atoms with van der Waals surface area (Å²) in [7, 11) is -1.20. The lowest BCUT2D eigenvalue weighted by Crippen LogP contribution is -2.39. The van der Waals surface area contributed by atoms with Gasteiger partial charge in [-0.05, 0) is 31.9 Å². The van der Waals surface area contributed by atoms with Gasteiger partial charge in [0.05, 0.1) is 10.6 Å². The molecule has 0 spiro atoms. The number of unbranched alkanes of at least 4 members (excludes halogenated alkanes) is 1. The molecule has 0 aliphatic heterocycles. The van der Waals surface area contributed by atoms with Crippen molar-refractivity contribution < 1.29 is 8.42 Å². The van der Waals surface area contributed by atoms with Crippen LogP contribution < -0.4 is 5.32 Å². The molecule has 0 unspecified atom stereocenters. The van der Waals surface area contributed by atoms with Gasteiger partial charge in [0.1, 0.15) is 0 Å². The van der Waals surface area contributed by atoms with E-state index in [-0.39, 0.29) is 5.75 Å². The van der Waals surface area contributed by atoms with E-state index in [0.717, 1.165) is 31.9 Å². The lowest BCUT2D eigenvalue weighted by Gasteiger charge is -2.21. The Labute approximate surface area is 140 Å². The molecule has 0 aliphatic rings. The molecule has 1 rings (SSSR count). The van der Waals surface area contributed by atoms with E-state index in [0.29, 0.717) is 17.9 Å². The third-order valence-electron chi connectivity index (χ3n) is 3.48. The molecule has 0 heterocycles. The van der Waals surface area contributed by atoms with Gasteiger partial charge >= 0.3 is 0 Å². The zero-order valence-corrected chi connectivity index (χ0v) is 15.3. The number of guanidine groups is 1. The van der Waals surface area contributed by atoms with E-state index >= 15 is 0 Å². The summed E-state index contributed by atoms with van der Waals surface area (Å²) in [5.74, 6) is 0.969. The summed E-state index contributed by atoms with van der Waals surface area (Å²) in [6, 6.07) is 8.59. The van der Waals surface area contributed by atoms with E-state index in [9.17, 15) is 8.42 Å². The number of hydrogen-bond acceptors (Lipinski definition) is 3. The van der Waals surface area contributed by atoms with E-state index in [1.807, 2.05) is 20.0 Å². The normalized spacial score (nSPS) is 12.2. The zero-order chi connectivity index (χ0) is 17.1. The molecule has 23 heavy (non-hydrogen) atoms.